The van der Waals surface area contributed by atoms with E-state index < -0.39 is 12.3 Å². The van der Waals surface area contributed by atoms with Crippen LogP contribution in [0.1, 0.15) is 35.4 Å². The lowest BCUT2D eigenvalue weighted by atomic mass is 10.0. The molecule has 0 aromatic carbocycles. The lowest BCUT2D eigenvalue weighted by Gasteiger charge is -2.21. The highest BCUT2D eigenvalue weighted by Gasteiger charge is 2.18. The first kappa shape index (κ1) is 12.9. The summed E-state index contributed by atoms with van der Waals surface area (Å²) in [5, 5.41) is 8.37. The van der Waals surface area contributed by atoms with Crippen LogP contribution in [0.4, 0.5) is 8.78 Å². The molecule has 2 rings (SSSR count). The molecule has 1 atom stereocenters. The van der Waals surface area contributed by atoms with Gasteiger partial charge in [0.05, 0.1) is 6.61 Å². The van der Waals surface area contributed by atoms with E-state index in [2.05, 4.69) is 15.5 Å². The largest absolute Gasteiger partial charge is 0.381 e. The summed E-state index contributed by atoms with van der Waals surface area (Å²) in [6, 6.07) is 1.07. The highest BCUT2D eigenvalue weighted by Crippen LogP contribution is 2.16. The quantitative estimate of drug-likeness (QED) is 0.861. The highest BCUT2D eigenvalue weighted by molar-refractivity contribution is 5.92. The van der Waals surface area contributed by atoms with Gasteiger partial charge in [0.25, 0.3) is 12.3 Å². The second-order valence-corrected chi connectivity index (χ2v) is 4.30. The Labute approximate surface area is 103 Å². The van der Waals surface area contributed by atoms with Crippen LogP contribution in [0.5, 0.6) is 0 Å². The third-order valence-corrected chi connectivity index (χ3v) is 2.87. The summed E-state index contributed by atoms with van der Waals surface area (Å²) in [7, 11) is 0. The first-order chi connectivity index (χ1) is 8.66. The molecule has 2 N–H and O–H groups in total. The van der Waals surface area contributed by atoms with Gasteiger partial charge in [-0.3, -0.25) is 9.89 Å². The minimum absolute atomic E-state index is 0.0120. The van der Waals surface area contributed by atoms with Gasteiger partial charge >= 0.3 is 0 Å². The summed E-state index contributed by atoms with van der Waals surface area (Å²) < 4.78 is 29.9. The lowest BCUT2D eigenvalue weighted by Crippen LogP contribution is -2.33. The van der Waals surface area contributed by atoms with Crippen molar-refractivity contribution in [1.29, 1.82) is 0 Å². The molecule has 2 heterocycles. The van der Waals surface area contributed by atoms with E-state index in [-0.39, 0.29) is 17.3 Å². The fraction of sp³-hybridized carbons (Fsp3) is 0.636. The molecule has 5 nitrogen and oxygen atoms in total. The summed E-state index contributed by atoms with van der Waals surface area (Å²) >= 11 is 0. The molecule has 0 aliphatic carbocycles. The number of H-pyrrole nitrogens is 1. The van der Waals surface area contributed by atoms with Crippen LogP contribution >= 0.6 is 0 Å². The average molecular weight is 259 g/mol. The highest BCUT2D eigenvalue weighted by atomic mass is 19.3. The average Bonchev–Trinajstić information content (AvgIpc) is 2.87. The molecule has 1 aliphatic rings. The first-order valence-electron chi connectivity index (χ1n) is 5.86. The van der Waals surface area contributed by atoms with Gasteiger partial charge in [0, 0.05) is 13.2 Å². The maximum Gasteiger partial charge on any atom is 0.279 e. The van der Waals surface area contributed by atoms with E-state index in [1.165, 1.54) is 0 Å². The smallest absolute Gasteiger partial charge is 0.279 e. The molecule has 1 unspecified atom stereocenters. The van der Waals surface area contributed by atoms with Gasteiger partial charge in [-0.15, -0.1) is 0 Å². The molecule has 1 fully saturated rings. The van der Waals surface area contributed by atoms with Crippen molar-refractivity contribution in [3.63, 3.8) is 0 Å². The third kappa shape index (κ3) is 3.25. The number of hydrogen-bond donors (Lipinski definition) is 2. The van der Waals surface area contributed by atoms with E-state index >= 15 is 0 Å². The number of ether oxygens (including phenoxy) is 1. The molecule has 100 valence electrons. The Morgan fingerprint density at radius 2 is 2.50 bits per heavy atom. The molecule has 1 saturated heterocycles. The number of nitrogens with one attached hydrogen (secondary N) is 2. The van der Waals surface area contributed by atoms with Crippen molar-refractivity contribution < 1.29 is 18.3 Å². The topological polar surface area (TPSA) is 67.0 Å². The maximum absolute atomic E-state index is 12.3. The zero-order valence-electron chi connectivity index (χ0n) is 9.79. The normalized spacial score (nSPS) is 20.1. The van der Waals surface area contributed by atoms with Crippen LogP contribution in [0, 0.1) is 5.92 Å². The van der Waals surface area contributed by atoms with Crippen molar-refractivity contribution >= 4 is 5.91 Å². The van der Waals surface area contributed by atoms with Gasteiger partial charge in [0.1, 0.15) is 11.4 Å². The van der Waals surface area contributed by atoms with E-state index in [1.54, 1.807) is 0 Å². The lowest BCUT2D eigenvalue weighted by molar-refractivity contribution is 0.0535. The molecule has 0 radical (unpaired) electrons. The van der Waals surface area contributed by atoms with E-state index in [4.69, 9.17) is 4.74 Å². The molecule has 1 aromatic rings. The third-order valence-electron chi connectivity index (χ3n) is 2.87. The molecule has 1 aromatic heterocycles. The number of carbonyl (C=O) groups excluding carboxylic acids is 1. The van der Waals surface area contributed by atoms with Crippen LogP contribution in [0.15, 0.2) is 6.07 Å². The fourth-order valence-corrected chi connectivity index (χ4v) is 1.86. The van der Waals surface area contributed by atoms with Gasteiger partial charge in [-0.1, -0.05) is 0 Å². The van der Waals surface area contributed by atoms with Crippen LogP contribution in [0.2, 0.25) is 0 Å². The summed E-state index contributed by atoms with van der Waals surface area (Å²) in [6.45, 7) is 1.88. The molecule has 18 heavy (non-hydrogen) atoms. The molecule has 0 spiro atoms. The monoisotopic (exact) mass is 259 g/mol. The predicted molar refractivity (Wildman–Crippen MR) is 59.4 cm³/mol. The SMILES string of the molecule is O=C(NCC1CCCOC1)c1cc(C(F)F)[nH]n1. The van der Waals surface area contributed by atoms with E-state index in [0.717, 1.165) is 25.5 Å². The van der Waals surface area contributed by atoms with E-state index in [0.29, 0.717) is 13.2 Å². The zero-order chi connectivity index (χ0) is 13.0. The molecule has 7 heteroatoms. The molecule has 0 saturated carbocycles. The van der Waals surface area contributed by atoms with Crippen LogP contribution in [-0.4, -0.2) is 35.9 Å². The molecular weight excluding hydrogens is 244 g/mol. The Morgan fingerprint density at radius 1 is 1.67 bits per heavy atom. The Kier molecular flexibility index (Phi) is 4.24. The molecule has 1 amide bonds. The maximum atomic E-state index is 12.3. The van der Waals surface area contributed by atoms with Crippen molar-refractivity contribution in [2.45, 2.75) is 19.3 Å². The van der Waals surface area contributed by atoms with Crippen LogP contribution in [0.3, 0.4) is 0 Å². The van der Waals surface area contributed by atoms with Crippen molar-refractivity contribution in [3.8, 4) is 0 Å². The van der Waals surface area contributed by atoms with Gasteiger partial charge in [-0.05, 0) is 24.8 Å². The van der Waals surface area contributed by atoms with Crippen molar-refractivity contribution in [2.24, 2.45) is 5.92 Å². The zero-order valence-corrected chi connectivity index (χ0v) is 9.79. The Bertz CT molecular complexity index is 403. The van der Waals surface area contributed by atoms with Gasteiger partial charge in [-0.25, -0.2) is 8.78 Å². The fourth-order valence-electron chi connectivity index (χ4n) is 1.86. The van der Waals surface area contributed by atoms with Crippen LogP contribution in [-0.2, 0) is 4.74 Å². The standard InChI is InChI=1S/C11H15F2N3O2/c12-10(13)8-4-9(16-15-8)11(17)14-5-7-2-1-3-18-6-7/h4,7,10H,1-3,5-6H2,(H,14,17)(H,15,16). The number of alkyl halides is 2. The van der Waals surface area contributed by atoms with Gasteiger partial charge < -0.3 is 10.1 Å². The minimum Gasteiger partial charge on any atom is -0.381 e. The van der Waals surface area contributed by atoms with Crippen LogP contribution in [0.25, 0.3) is 0 Å². The molecule has 0 bridgehead atoms. The number of carbonyl (C=O) groups is 1. The van der Waals surface area contributed by atoms with Gasteiger partial charge in [0.2, 0.25) is 0 Å². The summed E-state index contributed by atoms with van der Waals surface area (Å²) in [4.78, 5) is 11.6. The Balaban J connectivity index is 1.83. The Morgan fingerprint density at radius 3 is 3.11 bits per heavy atom. The van der Waals surface area contributed by atoms with Crippen molar-refractivity contribution in [2.75, 3.05) is 19.8 Å². The second-order valence-electron chi connectivity index (χ2n) is 4.30. The van der Waals surface area contributed by atoms with Crippen molar-refractivity contribution in [3.05, 3.63) is 17.5 Å². The number of hydrogen-bond acceptors (Lipinski definition) is 3. The summed E-state index contributed by atoms with van der Waals surface area (Å²) in [5.41, 5.74) is -0.358. The first-order valence-corrected chi connectivity index (χ1v) is 5.86. The number of rotatable bonds is 4. The number of aromatic amines is 1. The number of halogens is 2. The number of amides is 1. The van der Waals surface area contributed by atoms with E-state index in [1.807, 2.05) is 0 Å². The predicted octanol–water partition coefficient (Wildman–Crippen LogP) is 1.50. The molecule has 1 aliphatic heterocycles. The van der Waals surface area contributed by atoms with Crippen LogP contribution < -0.4 is 5.32 Å². The second kappa shape index (κ2) is 5.90. The number of aromatic nitrogens is 2. The van der Waals surface area contributed by atoms with E-state index in [9.17, 15) is 13.6 Å². The molecular formula is C11H15F2N3O2. The minimum atomic E-state index is -2.65. The van der Waals surface area contributed by atoms with Gasteiger partial charge in [0.15, 0.2) is 0 Å². The summed E-state index contributed by atoms with van der Waals surface area (Å²) in [6.07, 6.45) is -0.660. The number of nitrogens with zero attached hydrogens (tertiary/aromatic N) is 1. The summed E-state index contributed by atoms with van der Waals surface area (Å²) in [5.74, 6) is -0.153. The van der Waals surface area contributed by atoms with Crippen molar-refractivity contribution in [1.82, 2.24) is 15.5 Å². The Hall–Kier alpha value is -1.50. The van der Waals surface area contributed by atoms with Gasteiger partial charge in [-0.2, -0.15) is 5.10 Å².